The van der Waals surface area contributed by atoms with Crippen LogP contribution in [0.15, 0.2) is 0 Å². The predicted octanol–water partition coefficient (Wildman–Crippen LogP) is 0.457. The smallest absolute Gasteiger partial charge is 0.234 e. The summed E-state index contributed by atoms with van der Waals surface area (Å²) in [4.78, 5) is 10.6. The maximum Gasteiger partial charge on any atom is 0.234 e. The molecule has 2 N–H and O–H groups in total. The van der Waals surface area contributed by atoms with Crippen LogP contribution >= 0.6 is 23.4 Å². The van der Waals surface area contributed by atoms with Crippen LogP contribution < -0.4 is 5.32 Å². The average molecular weight is 212 g/mol. The second-order valence-electron chi connectivity index (χ2n) is 2.17. The second-order valence-corrected chi connectivity index (χ2v) is 3.67. The summed E-state index contributed by atoms with van der Waals surface area (Å²) in [5, 5.41) is 11.1. The number of alkyl halides is 1. The van der Waals surface area contributed by atoms with Crippen LogP contribution in [-0.4, -0.2) is 41.6 Å². The number of thioether (sulfide) groups is 1. The van der Waals surface area contributed by atoms with Gasteiger partial charge in [0.25, 0.3) is 0 Å². The Balaban J connectivity index is 2.95. The van der Waals surface area contributed by atoms with Crippen LogP contribution in [0.2, 0.25) is 0 Å². The van der Waals surface area contributed by atoms with E-state index < -0.39 is 0 Å². The molecule has 0 aromatic rings. The Morgan fingerprint density at radius 3 is 2.83 bits per heavy atom. The van der Waals surface area contributed by atoms with Crippen LogP contribution in [0.1, 0.15) is 6.42 Å². The summed E-state index contributed by atoms with van der Waals surface area (Å²) >= 11 is 6.98. The normalized spacial score (nSPS) is 9.83. The Hall–Kier alpha value is 0.0700. The molecule has 0 aliphatic rings. The van der Waals surface area contributed by atoms with E-state index in [1.54, 1.807) is 11.8 Å². The van der Waals surface area contributed by atoms with Crippen LogP contribution in [0.4, 0.5) is 0 Å². The number of carbonyl (C=O) groups is 1. The van der Waals surface area contributed by atoms with E-state index in [0.29, 0.717) is 6.54 Å². The van der Waals surface area contributed by atoms with Crippen LogP contribution in [-0.2, 0) is 4.79 Å². The molecule has 0 spiro atoms. The zero-order valence-corrected chi connectivity index (χ0v) is 8.46. The summed E-state index contributed by atoms with van der Waals surface area (Å²) < 4.78 is 0. The fourth-order valence-corrected chi connectivity index (χ4v) is 1.46. The first-order valence-corrected chi connectivity index (χ1v) is 5.51. The van der Waals surface area contributed by atoms with E-state index in [4.69, 9.17) is 16.7 Å². The van der Waals surface area contributed by atoms with Gasteiger partial charge in [0.1, 0.15) is 5.88 Å². The van der Waals surface area contributed by atoms with Crippen LogP contribution in [0.5, 0.6) is 0 Å². The summed E-state index contributed by atoms with van der Waals surface area (Å²) in [5.41, 5.74) is 0. The summed E-state index contributed by atoms with van der Waals surface area (Å²) in [6, 6.07) is 0. The molecule has 0 fully saturated rings. The first kappa shape index (κ1) is 12.1. The highest BCUT2D eigenvalue weighted by Gasteiger charge is 1.95. The highest BCUT2D eigenvalue weighted by Crippen LogP contribution is 1.99. The van der Waals surface area contributed by atoms with Gasteiger partial charge in [-0.05, 0) is 12.2 Å². The molecule has 1 amide bonds. The maximum atomic E-state index is 10.6. The quantitative estimate of drug-likeness (QED) is 0.475. The minimum atomic E-state index is -0.126. The van der Waals surface area contributed by atoms with Gasteiger partial charge in [-0.25, -0.2) is 0 Å². The van der Waals surface area contributed by atoms with E-state index in [1.165, 1.54) is 0 Å². The number of carbonyl (C=O) groups excluding carboxylic acids is 1. The molecule has 0 heterocycles. The van der Waals surface area contributed by atoms with E-state index in [0.717, 1.165) is 17.9 Å². The second kappa shape index (κ2) is 9.16. The van der Waals surface area contributed by atoms with E-state index >= 15 is 0 Å². The molecule has 0 atom stereocenters. The summed E-state index contributed by atoms with van der Waals surface area (Å²) in [5.74, 6) is 1.72. The van der Waals surface area contributed by atoms with Gasteiger partial charge in [0.15, 0.2) is 0 Å². The predicted molar refractivity (Wildman–Crippen MR) is 52.8 cm³/mol. The molecular formula is C7H14ClNO2S. The number of aliphatic hydroxyl groups excluding tert-OH is 1. The van der Waals surface area contributed by atoms with Crippen molar-refractivity contribution >= 4 is 29.3 Å². The topological polar surface area (TPSA) is 49.3 Å². The molecular weight excluding hydrogens is 198 g/mol. The minimum absolute atomic E-state index is 0.0291. The molecule has 0 aliphatic heterocycles. The van der Waals surface area contributed by atoms with Gasteiger partial charge in [0, 0.05) is 18.9 Å². The van der Waals surface area contributed by atoms with Crippen LogP contribution in [0.25, 0.3) is 0 Å². The summed E-state index contributed by atoms with van der Waals surface area (Å²) in [7, 11) is 0. The van der Waals surface area contributed by atoms with Crippen LogP contribution in [0, 0.1) is 0 Å². The lowest BCUT2D eigenvalue weighted by atomic mass is 10.5. The van der Waals surface area contributed by atoms with Crippen molar-refractivity contribution in [3.63, 3.8) is 0 Å². The van der Waals surface area contributed by atoms with Crippen molar-refractivity contribution in [3.05, 3.63) is 0 Å². The van der Waals surface area contributed by atoms with E-state index in [-0.39, 0.29) is 18.4 Å². The van der Waals surface area contributed by atoms with Gasteiger partial charge in [-0.15, -0.1) is 11.6 Å². The number of nitrogens with one attached hydrogen (secondary N) is 1. The van der Waals surface area contributed by atoms with Gasteiger partial charge in [-0.1, -0.05) is 0 Å². The fourth-order valence-electron chi connectivity index (χ4n) is 0.579. The monoisotopic (exact) mass is 211 g/mol. The molecule has 0 aromatic heterocycles. The molecule has 3 nitrogen and oxygen atoms in total. The van der Waals surface area contributed by atoms with E-state index in [1.807, 2.05) is 0 Å². The van der Waals surface area contributed by atoms with Crippen molar-refractivity contribution in [2.45, 2.75) is 6.42 Å². The summed E-state index contributed by atoms with van der Waals surface area (Å²) in [6.45, 7) is 0.892. The Morgan fingerprint density at radius 2 is 2.25 bits per heavy atom. The minimum Gasteiger partial charge on any atom is -0.396 e. The summed E-state index contributed by atoms with van der Waals surface area (Å²) in [6.07, 6.45) is 0.814. The number of hydrogen-bond acceptors (Lipinski definition) is 3. The Labute approximate surface area is 81.9 Å². The molecule has 0 saturated heterocycles. The fraction of sp³-hybridized carbons (Fsp3) is 0.857. The van der Waals surface area contributed by atoms with Crippen molar-refractivity contribution < 1.29 is 9.90 Å². The van der Waals surface area contributed by atoms with E-state index in [9.17, 15) is 4.79 Å². The lowest BCUT2D eigenvalue weighted by Crippen LogP contribution is -2.26. The standard InChI is InChI=1S/C7H14ClNO2S/c8-6-7(11)9-2-5-12-4-1-3-10/h10H,1-6H2,(H,9,11). The van der Waals surface area contributed by atoms with Crippen LogP contribution in [0.3, 0.4) is 0 Å². The average Bonchev–Trinajstić information content (AvgIpc) is 2.10. The molecule has 5 heteroatoms. The largest absolute Gasteiger partial charge is 0.396 e. The molecule has 72 valence electrons. The third kappa shape index (κ3) is 8.17. The molecule has 0 aromatic carbocycles. The van der Waals surface area contributed by atoms with E-state index in [2.05, 4.69) is 5.32 Å². The highest BCUT2D eigenvalue weighted by atomic mass is 35.5. The Kier molecular flexibility index (Phi) is 9.21. The lowest BCUT2D eigenvalue weighted by molar-refractivity contribution is -0.118. The first-order valence-electron chi connectivity index (χ1n) is 3.82. The molecule has 0 saturated carbocycles. The van der Waals surface area contributed by atoms with Crippen molar-refractivity contribution in [2.24, 2.45) is 0 Å². The van der Waals surface area contributed by atoms with Gasteiger partial charge in [0.2, 0.25) is 5.91 Å². The third-order valence-electron chi connectivity index (χ3n) is 1.14. The van der Waals surface area contributed by atoms with Crippen molar-refractivity contribution in [1.82, 2.24) is 5.32 Å². The zero-order chi connectivity index (χ0) is 9.23. The highest BCUT2D eigenvalue weighted by molar-refractivity contribution is 7.99. The number of amides is 1. The number of hydrogen-bond donors (Lipinski definition) is 2. The molecule has 0 bridgehead atoms. The molecule has 0 aliphatic carbocycles. The molecule has 0 rings (SSSR count). The Morgan fingerprint density at radius 1 is 1.50 bits per heavy atom. The SMILES string of the molecule is O=C(CCl)NCCSCCCO. The van der Waals surface area contributed by atoms with Crippen molar-refractivity contribution in [3.8, 4) is 0 Å². The number of aliphatic hydroxyl groups is 1. The van der Waals surface area contributed by atoms with Gasteiger partial charge in [-0.2, -0.15) is 11.8 Å². The lowest BCUT2D eigenvalue weighted by Gasteiger charge is -2.01. The van der Waals surface area contributed by atoms with Gasteiger partial charge in [-0.3, -0.25) is 4.79 Å². The van der Waals surface area contributed by atoms with Crippen molar-refractivity contribution in [1.29, 1.82) is 0 Å². The molecule has 12 heavy (non-hydrogen) atoms. The third-order valence-corrected chi connectivity index (χ3v) is 2.45. The zero-order valence-electron chi connectivity index (χ0n) is 6.88. The molecule has 0 radical (unpaired) electrons. The number of halogens is 1. The first-order chi connectivity index (χ1) is 5.81. The van der Waals surface area contributed by atoms with Gasteiger partial charge >= 0.3 is 0 Å². The number of rotatable bonds is 7. The molecule has 0 unspecified atom stereocenters. The van der Waals surface area contributed by atoms with Gasteiger partial charge in [0.05, 0.1) is 0 Å². The van der Waals surface area contributed by atoms with Crippen molar-refractivity contribution in [2.75, 3.05) is 30.5 Å². The maximum absolute atomic E-state index is 10.6. The Bertz CT molecular complexity index is 124. The van der Waals surface area contributed by atoms with Gasteiger partial charge < -0.3 is 10.4 Å².